The Morgan fingerprint density at radius 3 is 2.62 bits per heavy atom. The molecule has 21 heavy (non-hydrogen) atoms. The second kappa shape index (κ2) is 6.80. The molecule has 1 atom stereocenters. The topological polar surface area (TPSA) is 32.3 Å². The minimum Gasteiger partial charge on any atom is -0.342 e. The van der Waals surface area contributed by atoms with E-state index < -0.39 is 0 Å². The molecule has 1 unspecified atom stereocenters. The van der Waals surface area contributed by atoms with E-state index in [4.69, 9.17) is 11.6 Å². The van der Waals surface area contributed by atoms with Gasteiger partial charge in [-0.1, -0.05) is 23.7 Å². The molecule has 114 valence electrons. The van der Waals surface area contributed by atoms with Crippen molar-refractivity contribution >= 4 is 17.5 Å². The zero-order valence-corrected chi connectivity index (χ0v) is 13.1. The molecule has 1 amide bonds. The number of halogens is 1. The first-order valence-electron chi connectivity index (χ1n) is 7.96. The standard InChI is InChI=1S/C17H23ClN2O/c18-16-5-3-13(4-6-16)8-10-20(12-14-1-2-14)17(21)15-7-9-19-11-15/h3-6,14-15,19H,1-2,7-12H2. The summed E-state index contributed by atoms with van der Waals surface area (Å²) >= 11 is 5.92. The third-order valence-electron chi connectivity index (χ3n) is 4.48. The molecule has 1 aromatic rings. The average Bonchev–Trinajstić information content (AvgIpc) is 3.14. The average molecular weight is 307 g/mol. The van der Waals surface area contributed by atoms with Crippen molar-refractivity contribution in [1.29, 1.82) is 0 Å². The van der Waals surface area contributed by atoms with Crippen LogP contribution < -0.4 is 5.32 Å². The molecular weight excluding hydrogens is 284 g/mol. The fourth-order valence-electron chi connectivity index (χ4n) is 2.94. The number of carbonyl (C=O) groups is 1. The van der Waals surface area contributed by atoms with E-state index in [2.05, 4.69) is 22.3 Å². The molecule has 1 saturated heterocycles. The number of hydrogen-bond donors (Lipinski definition) is 1. The van der Waals surface area contributed by atoms with Gasteiger partial charge in [0.2, 0.25) is 5.91 Å². The van der Waals surface area contributed by atoms with Crippen LogP contribution in [0.15, 0.2) is 24.3 Å². The zero-order valence-electron chi connectivity index (χ0n) is 12.4. The molecule has 3 nitrogen and oxygen atoms in total. The Kier molecular flexibility index (Phi) is 4.81. The van der Waals surface area contributed by atoms with Crippen molar-refractivity contribution in [2.75, 3.05) is 26.2 Å². The van der Waals surface area contributed by atoms with Crippen LogP contribution in [0.5, 0.6) is 0 Å². The van der Waals surface area contributed by atoms with Crippen LogP contribution in [0.25, 0.3) is 0 Å². The van der Waals surface area contributed by atoms with E-state index in [9.17, 15) is 4.79 Å². The normalized spacial score (nSPS) is 21.5. The van der Waals surface area contributed by atoms with Crippen molar-refractivity contribution in [1.82, 2.24) is 10.2 Å². The molecule has 1 aliphatic carbocycles. The first-order chi connectivity index (χ1) is 10.2. The van der Waals surface area contributed by atoms with Crippen molar-refractivity contribution in [3.05, 3.63) is 34.9 Å². The van der Waals surface area contributed by atoms with E-state index in [0.29, 0.717) is 5.91 Å². The molecule has 1 N–H and O–H groups in total. The summed E-state index contributed by atoms with van der Waals surface area (Å²) in [5.41, 5.74) is 1.25. The maximum atomic E-state index is 12.6. The van der Waals surface area contributed by atoms with Gasteiger partial charge in [0.1, 0.15) is 0 Å². The van der Waals surface area contributed by atoms with E-state index in [1.807, 2.05) is 12.1 Å². The van der Waals surface area contributed by atoms with Crippen molar-refractivity contribution in [2.45, 2.75) is 25.7 Å². The molecule has 1 heterocycles. The van der Waals surface area contributed by atoms with E-state index in [1.165, 1.54) is 18.4 Å². The molecule has 0 aromatic heterocycles. The molecule has 1 aromatic carbocycles. The van der Waals surface area contributed by atoms with Crippen LogP contribution in [-0.4, -0.2) is 37.0 Å². The number of amides is 1. The summed E-state index contributed by atoms with van der Waals surface area (Å²) in [6.07, 6.45) is 4.47. The van der Waals surface area contributed by atoms with Gasteiger partial charge >= 0.3 is 0 Å². The highest BCUT2D eigenvalue weighted by atomic mass is 35.5. The predicted octanol–water partition coefficient (Wildman–Crippen LogP) is 2.73. The molecule has 0 bridgehead atoms. The Balaban J connectivity index is 1.58. The SMILES string of the molecule is O=C(C1CCNC1)N(CCc1ccc(Cl)cc1)CC1CC1. The van der Waals surface area contributed by atoms with Crippen LogP contribution in [-0.2, 0) is 11.2 Å². The second-order valence-corrected chi connectivity index (χ2v) is 6.73. The highest BCUT2D eigenvalue weighted by Gasteiger charge is 2.31. The van der Waals surface area contributed by atoms with Crippen molar-refractivity contribution in [3.8, 4) is 0 Å². The third kappa shape index (κ3) is 4.21. The fourth-order valence-corrected chi connectivity index (χ4v) is 3.07. The number of benzene rings is 1. The van der Waals surface area contributed by atoms with Gasteiger partial charge in [-0.3, -0.25) is 4.79 Å². The van der Waals surface area contributed by atoms with Crippen molar-refractivity contribution < 1.29 is 4.79 Å². The molecule has 0 radical (unpaired) electrons. The van der Waals surface area contributed by atoms with Gasteiger partial charge in [0.25, 0.3) is 0 Å². The van der Waals surface area contributed by atoms with Crippen LogP contribution >= 0.6 is 11.6 Å². The summed E-state index contributed by atoms with van der Waals surface area (Å²) in [6, 6.07) is 7.95. The van der Waals surface area contributed by atoms with E-state index in [-0.39, 0.29) is 5.92 Å². The molecule has 1 aliphatic heterocycles. The van der Waals surface area contributed by atoms with Gasteiger partial charge in [0, 0.05) is 24.7 Å². The zero-order chi connectivity index (χ0) is 14.7. The summed E-state index contributed by atoms with van der Waals surface area (Å²) in [7, 11) is 0. The number of rotatable bonds is 6. The minimum absolute atomic E-state index is 0.189. The Hall–Kier alpha value is -1.06. The summed E-state index contributed by atoms with van der Waals surface area (Å²) in [6.45, 7) is 3.60. The van der Waals surface area contributed by atoms with E-state index in [0.717, 1.165) is 50.0 Å². The van der Waals surface area contributed by atoms with Crippen LogP contribution in [0.2, 0.25) is 5.02 Å². The minimum atomic E-state index is 0.189. The van der Waals surface area contributed by atoms with Crippen LogP contribution in [0, 0.1) is 11.8 Å². The number of nitrogens with one attached hydrogen (secondary N) is 1. The van der Waals surface area contributed by atoms with Gasteiger partial charge in [0.05, 0.1) is 5.92 Å². The monoisotopic (exact) mass is 306 g/mol. The van der Waals surface area contributed by atoms with Gasteiger partial charge in [0.15, 0.2) is 0 Å². The summed E-state index contributed by atoms with van der Waals surface area (Å²) in [4.78, 5) is 14.8. The highest BCUT2D eigenvalue weighted by molar-refractivity contribution is 6.30. The number of hydrogen-bond acceptors (Lipinski definition) is 2. The summed E-state index contributed by atoms with van der Waals surface area (Å²) < 4.78 is 0. The van der Waals surface area contributed by atoms with E-state index in [1.54, 1.807) is 0 Å². The Labute approximate surface area is 131 Å². The first-order valence-corrected chi connectivity index (χ1v) is 8.34. The van der Waals surface area contributed by atoms with Crippen molar-refractivity contribution in [3.63, 3.8) is 0 Å². The highest BCUT2D eigenvalue weighted by Crippen LogP contribution is 2.30. The lowest BCUT2D eigenvalue weighted by Gasteiger charge is -2.25. The summed E-state index contributed by atoms with van der Waals surface area (Å²) in [5.74, 6) is 1.28. The lowest BCUT2D eigenvalue weighted by Crippen LogP contribution is -2.39. The van der Waals surface area contributed by atoms with Crippen molar-refractivity contribution in [2.24, 2.45) is 11.8 Å². The Morgan fingerprint density at radius 1 is 1.24 bits per heavy atom. The van der Waals surface area contributed by atoms with Crippen LogP contribution in [0.4, 0.5) is 0 Å². The van der Waals surface area contributed by atoms with Gasteiger partial charge in [-0.25, -0.2) is 0 Å². The molecule has 2 fully saturated rings. The molecule has 3 rings (SSSR count). The number of carbonyl (C=O) groups excluding carboxylic acids is 1. The maximum Gasteiger partial charge on any atom is 0.227 e. The molecule has 1 saturated carbocycles. The molecule has 2 aliphatic rings. The first kappa shape index (κ1) is 14.9. The van der Waals surface area contributed by atoms with E-state index >= 15 is 0 Å². The molecule has 0 spiro atoms. The maximum absolute atomic E-state index is 12.6. The second-order valence-electron chi connectivity index (χ2n) is 6.29. The fraction of sp³-hybridized carbons (Fsp3) is 0.588. The molecular formula is C17H23ClN2O. The third-order valence-corrected chi connectivity index (χ3v) is 4.73. The quantitative estimate of drug-likeness (QED) is 0.876. The van der Waals surface area contributed by atoms with Gasteiger partial charge < -0.3 is 10.2 Å². The predicted molar refractivity (Wildman–Crippen MR) is 85.4 cm³/mol. The summed E-state index contributed by atoms with van der Waals surface area (Å²) in [5, 5.41) is 4.06. The van der Waals surface area contributed by atoms with Gasteiger partial charge in [-0.15, -0.1) is 0 Å². The smallest absolute Gasteiger partial charge is 0.227 e. The van der Waals surface area contributed by atoms with Crippen LogP contribution in [0.3, 0.4) is 0 Å². The largest absolute Gasteiger partial charge is 0.342 e. The van der Waals surface area contributed by atoms with Gasteiger partial charge in [-0.05, 0) is 55.8 Å². The van der Waals surface area contributed by atoms with Crippen LogP contribution in [0.1, 0.15) is 24.8 Å². The Morgan fingerprint density at radius 2 is 2.00 bits per heavy atom. The number of nitrogens with zero attached hydrogens (tertiary/aromatic N) is 1. The lowest BCUT2D eigenvalue weighted by atomic mass is 10.1. The molecule has 4 heteroatoms. The lowest BCUT2D eigenvalue weighted by molar-refractivity contribution is -0.135. The van der Waals surface area contributed by atoms with Gasteiger partial charge in [-0.2, -0.15) is 0 Å². The Bertz CT molecular complexity index is 478.